The monoisotopic (exact) mass is 365 g/mol. The van der Waals surface area contributed by atoms with E-state index < -0.39 is 6.04 Å². The first-order valence-corrected chi connectivity index (χ1v) is 8.81. The van der Waals surface area contributed by atoms with Crippen LogP contribution in [0.1, 0.15) is 30.6 Å². The number of nitrogens with one attached hydrogen (secondary N) is 2. The normalized spacial score (nSPS) is 12.3. The molecule has 0 bridgehead atoms. The van der Waals surface area contributed by atoms with E-state index in [4.69, 9.17) is 10.00 Å². The first-order chi connectivity index (χ1) is 13.0. The Labute approximate surface area is 159 Å². The molecular formula is C21H23N3O3. The number of amides is 2. The van der Waals surface area contributed by atoms with Gasteiger partial charge in [0.05, 0.1) is 0 Å². The average Bonchev–Trinajstić information content (AvgIpc) is 2.71. The molecule has 0 saturated heterocycles. The maximum Gasteiger partial charge on any atom is 0.251 e. The molecule has 2 unspecified atom stereocenters. The Balaban J connectivity index is 2.06. The van der Waals surface area contributed by atoms with Gasteiger partial charge in [-0.3, -0.25) is 9.59 Å². The summed E-state index contributed by atoms with van der Waals surface area (Å²) in [4.78, 5) is 25.2. The van der Waals surface area contributed by atoms with E-state index in [-0.39, 0.29) is 24.3 Å². The molecule has 0 fully saturated rings. The number of ether oxygens (including phenoxy) is 1. The van der Waals surface area contributed by atoms with Crippen LogP contribution in [0.25, 0.3) is 0 Å². The van der Waals surface area contributed by atoms with Gasteiger partial charge in [-0.25, -0.2) is 0 Å². The van der Waals surface area contributed by atoms with Gasteiger partial charge in [0.2, 0.25) is 5.91 Å². The van der Waals surface area contributed by atoms with E-state index in [2.05, 4.69) is 10.6 Å². The standard InChI is InChI=1S/C21H23N3O3/c1-3-15(2)19(24-20(25)16-7-5-4-6-8-16)21(26)23-17-9-11-18(12-10-17)27-14-13-22/h4-12,15,19H,3,14H2,1-2H3,(H,23,26)(H,24,25). The third kappa shape index (κ3) is 5.86. The van der Waals surface area contributed by atoms with E-state index in [1.165, 1.54) is 0 Å². The topological polar surface area (TPSA) is 91.2 Å². The van der Waals surface area contributed by atoms with Gasteiger partial charge in [-0.2, -0.15) is 5.26 Å². The van der Waals surface area contributed by atoms with E-state index in [0.29, 0.717) is 17.0 Å². The summed E-state index contributed by atoms with van der Waals surface area (Å²) < 4.78 is 5.19. The Morgan fingerprint density at radius 2 is 1.78 bits per heavy atom. The fourth-order valence-electron chi connectivity index (χ4n) is 2.49. The Morgan fingerprint density at radius 3 is 2.37 bits per heavy atom. The van der Waals surface area contributed by atoms with Crippen LogP contribution in [0.15, 0.2) is 54.6 Å². The van der Waals surface area contributed by atoms with Crippen molar-refractivity contribution in [3.63, 3.8) is 0 Å². The summed E-state index contributed by atoms with van der Waals surface area (Å²) >= 11 is 0. The van der Waals surface area contributed by atoms with Crippen LogP contribution in [0.4, 0.5) is 5.69 Å². The van der Waals surface area contributed by atoms with Crippen molar-refractivity contribution in [2.24, 2.45) is 5.92 Å². The molecule has 2 N–H and O–H groups in total. The molecule has 140 valence electrons. The molecule has 0 aromatic heterocycles. The number of carbonyl (C=O) groups is 2. The van der Waals surface area contributed by atoms with Crippen molar-refractivity contribution in [3.8, 4) is 11.8 Å². The van der Waals surface area contributed by atoms with Crippen LogP contribution in [0, 0.1) is 17.2 Å². The number of carbonyl (C=O) groups excluding carboxylic acids is 2. The molecular weight excluding hydrogens is 342 g/mol. The highest BCUT2D eigenvalue weighted by Crippen LogP contribution is 2.17. The van der Waals surface area contributed by atoms with Gasteiger partial charge < -0.3 is 15.4 Å². The fraction of sp³-hybridized carbons (Fsp3) is 0.286. The highest BCUT2D eigenvalue weighted by molar-refractivity contribution is 6.01. The molecule has 2 aromatic rings. The van der Waals surface area contributed by atoms with E-state index in [9.17, 15) is 9.59 Å². The van der Waals surface area contributed by atoms with Crippen molar-refractivity contribution in [2.45, 2.75) is 26.3 Å². The van der Waals surface area contributed by atoms with Crippen LogP contribution in [-0.2, 0) is 4.79 Å². The average molecular weight is 365 g/mol. The maximum atomic E-state index is 12.7. The molecule has 2 amide bonds. The van der Waals surface area contributed by atoms with Gasteiger partial charge >= 0.3 is 0 Å². The van der Waals surface area contributed by atoms with E-state index in [0.717, 1.165) is 6.42 Å². The van der Waals surface area contributed by atoms with E-state index in [1.807, 2.05) is 26.0 Å². The molecule has 0 aliphatic heterocycles. The van der Waals surface area contributed by atoms with Crippen molar-refractivity contribution in [1.29, 1.82) is 5.26 Å². The summed E-state index contributed by atoms with van der Waals surface area (Å²) in [6.07, 6.45) is 0.744. The Hall–Kier alpha value is -3.33. The Kier molecular flexibility index (Phi) is 7.38. The molecule has 6 heteroatoms. The van der Waals surface area contributed by atoms with Crippen LogP contribution in [-0.4, -0.2) is 24.5 Å². The van der Waals surface area contributed by atoms with E-state index >= 15 is 0 Å². The number of benzene rings is 2. The predicted octanol–water partition coefficient (Wildman–Crippen LogP) is 3.37. The van der Waals surface area contributed by atoms with Crippen molar-refractivity contribution >= 4 is 17.5 Å². The van der Waals surface area contributed by atoms with E-state index in [1.54, 1.807) is 48.5 Å². The minimum atomic E-state index is -0.655. The summed E-state index contributed by atoms with van der Waals surface area (Å²) in [5.74, 6) is -0.0445. The lowest BCUT2D eigenvalue weighted by Crippen LogP contribution is -2.47. The minimum absolute atomic E-state index is 0.0316. The Bertz CT molecular complexity index is 798. The van der Waals surface area contributed by atoms with Gasteiger partial charge in [0.25, 0.3) is 5.91 Å². The van der Waals surface area contributed by atoms with Crippen LogP contribution in [0.2, 0.25) is 0 Å². The lowest BCUT2D eigenvalue weighted by atomic mass is 9.97. The molecule has 2 aromatic carbocycles. The molecule has 0 radical (unpaired) electrons. The highest BCUT2D eigenvalue weighted by Gasteiger charge is 2.26. The van der Waals surface area contributed by atoms with Crippen molar-refractivity contribution in [1.82, 2.24) is 5.32 Å². The smallest absolute Gasteiger partial charge is 0.251 e. The van der Waals surface area contributed by atoms with Crippen molar-refractivity contribution in [3.05, 3.63) is 60.2 Å². The first kappa shape index (κ1) is 20.0. The van der Waals surface area contributed by atoms with Crippen LogP contribution >= 0.6 is 0 Å². The zero-order chi connectivity index (χ0) is 19.6. The second kappa shape index (κ2) is 9.97. The number of hydrogen-bond acceptors (Lipinski definition) is 4. The highest BCUT2D eigenvalue weighted by atomic mass is 16.5. The predicted molar refractivity (Wildman–Crippen MR) is 103 cm³/mol. The molecule has 0 saturated carbocycles. The Morgan fingerprint density at radius 1 is 1.11 bits per heavy atom. The molecule has 0 aliphatic carbocycles. The molecule has 0 aliphatic rings. The maximum absolute atomic E-state index is 12.7. The molecule has 0 spiro atoms. The van der Waals surface area contributed by atoms with Crippen LogP contribution in [0.3, 0.4) is 0 Å². The molecule has 2 rings (SSSR count). The third-order valence-corrected chi connectivity index (χ3v) is 4.24. The van der Waals surface area contributed by atoms with Gasteiger partial charge in [-0.05, 0) is 42.3 Å². The number of anilines is 1. The lowest BCUT2D eigenvalue weighted by molar-refractivity contribution is -0.119. The third-order valence-electron chi connectivity index (χ3n) is 4.24. The fourth-order valence-corrected chi connectivity index (χ4v) is 2.49. The SMILES string of the molecule is CCC(C)C(NC(=O)c1ccccc1)C(=O)Nc1ccc(OCC#N)cc1. The molecule has 27 heavy (non-hydrogen) atoms. The minimum Gasteiger partial charge on any atom is -0.479 e. The zero-order valence-electron chi connectivity index (χ0n) is 15.4. The number of nitrogens with zero attached hydrogens (tertiary/aromatic N) is 1. The van der Waals surface area contributed by atoms with Gasteiger partial charge in [0.1, 0.15) is 17.9 Å². The summed E-state index contributed by atoms with van der Waals surface area (Å²) in [6, 6.07) is 16.8. The summed E-state index contributed by atoms with van der Waals surface area (Å²) in [6.45, 7) is 3.86. The van der Waals surface area contributed by atoms with Crippen LogP contribution in [0.5, 0.6) is 5.75 Å². The quantitative estimate of drug-likeness (QED) is 0.750. The van der Waals surface area contributed by atoms with Gasteiger partial charge in [-0.1, -0.05) is 38.5 Å². The number of nitriles is 1. The molecule has 2 atom stereocenters. The first-order valence-electron chi connectivity index (χ1n) is 8.81. The van der Waals surface area contributed by atoms with Gasteiger partial charge in [0, 0.05) is 11.3 Å². The van der Waals surface area contributed by atoms with Gasteiger partial charge in [0.15, 0.2) is 6.61 Å². The summed E-state index contributed by atoms with van der Waals surface area (Å²) in [7, 11) is 0. The second-order valence-corrected chi connectivity index (χ2v) is 6.16. The number of hydrogen-bond donors (Lipinski definition) is 2. The van der Waals surface area contributed by atoms with Crippen LogP contribution < -0.4 is 15.4 Å². The number of rotatable bonds is 8. The molecule has 0 heterocycles. The van der Waals surface area contributed by atoms with Gasteiger partial charge in [-0.15, -0.1) is 0 Å². The molecule has 6 nitrogen and oxygen atoms in total. The summed E-state index contributed by atoms with van der Waals surface area (Å²) in [5.41, 5.74) is 1.10. The van der Waals surface area contributed by atoms with Crippen molar-refractivity contribution in [2.75, 3.05) is 11.9 Å². The summed E-state index contributed by atoms with van der Waals surface area (Å²) in [5, 5.41) is 14.2. The second-order valence-electron chi connectivity index (χ2n) is 6.16. The zero-order valence-corrected chi connectivity index (χ0v) is 15.4. The lowest BCUT2D eigenvalue weighted by Gasteiger charge is -2.23. The van der Waals surface area contributed by atoms with Crippen molar-refractivity contribution < 1.29 is 14.3 Å². The largest absolute Gasteiger partial charge is 0.479 e.